The third-order valence-corrected chi connectivity index (χ3v) is 9.86. The number of aryl methyl sites for hydroxylation is 1. The number of hydrogen-bond donors (Lipinski definition) is 0. The van der Waals surface area contributed by atoms with Gasteiger partial charge in [0.2, 0.25) is 0 Å². The fraction of sp³-hybridized carbons (Fsp3) is 0.171. The standard InChI is InChI=1S/C26H20NO.C15H18NSi.Ir/c1-17(2)19-12-13-27-24(14-19)21-9-11-23-22-10-8-20(18-6-4-3-5-7-18)15-25(22)28-26(23)16-21;1-12-5-7-13(8-6-12)15-10-9-14(11-16-15)17(2,3)4;/h3-15,17H,1-2H3;5-7,9-11H,1-4H3;/q2*-1;/i17D;1D3;. The Morgan fingerprint density at radius 3 is 2.24 bits per heavy atom. The number of rotatable bonds is 5. The number of aromatic nitrogens is 2. The molecule has 0 bridgehead atoms. The third kappa shape index (κ3) is 7.45. The number of pyridine rings is 2. The minimum absolute atomic E-state index is 0. The Labute approximate surface area is 292 Å². The second kappa shape index (κ2) is 14.1. The van der Waals surface area contributed by atoms with Crippen LogP contribution in [0.5, 0.6) is 0 Å². The zero-order chi connectivity index (χ0) is 35.0. The van der Waals surface area contributed by atoms with Gasteiger partial charge in [-0.3, -0.25) is 0 Å². The van der Waals surface area contributed by atoms with Gasteiger partial charge in [-0.15, -0.1) is 53.1 Å². The first-order valence-electron chi connectivity index (χ1n) is 17.1. The zero-order valence-electron chi connectivity index (χ0n) is 30.6. The predicted molar refractivity (Wildman–Crippen MR) is 192 cm³/mol. The number of nitrogens with zero attached hydrogens (tertiary/aromatic N) is 2. The fourth-order valence-corrected chi connectivity index (χ4v) is 6.17. The molecule has 233 valence electrons. The van der Waals surface area contributed by atoms with Crippen molar-refractivity contribution < 1.29 is 30.0 Å². The molecule has 3 nitrogen and oxygen atoms in total. The van der Waals surface area contributed by atoms with Crippen molar-refractivity contribution in [1.82, 2.24) is 9.97 Å². The average molecular weight is 799 g/mol. The molecule has 0 amide bonds. The number of furan rings is 1. The Bertz CT molecular complexity index is 2160. The first-order chi connectivity index (χ1) is 23.2. The molecule has 7 aromatic rings. The van der Waals surface area contributed by atoms with Gasteiger partial charge >= 0.3 is 0 Å². The first-order valence-corrected chi connectivity index (χ1v) is 18.6. The van der Waals surface area contributed by atoms with Gasteiger partial charge in [-0.25, -0.2) is 0 Å². The molecule has 0 atom stereocenters. The summed E-state index contributed by atoms with van der Waals surface area (Å²) in [4.78, 5) is 8.95. The number of hydrogen-bond acceptors (Lipinski definition) is 3. The molecular weight excluding hydrogens is 757 g/mol. The van der Waals surface area contributed by atoms with Crippen molar-refractivity contribution in [3.8, 4) is 33.6 Å². The van der Waals surface area contributed by atoms with Gasteiger partial charge < -0.3 is 14.4 Å². The van der Waals surface area contributed by atoms with E-state index in [1.165, 1.54) is 16.8 Å². The first kappa shape index (κ1) is 28.1. The van der Waals surface area contributed by atoms with E-state index in [0.29, 0.717) is 5.56 Å². The van der Waals surface area contributed by atoms with Crippen molar-refractivity contribution in [2.45, 2.75) is 46.2 Å². The molecule has 0 aliphatic heterocycles. The summed E-state index contributed by atoms with van der Waals surface area (Å²) in [6.45, 7) is 8.51. The Morgan fingerprint density at radius 1 is 0.783 bits per heavy atom. The third-order valence-electron chi connectivity index (χ3n) is 7.83. The summed E-state index contributed by atoms with van der Waals surface area (Å²) in [5.74, 6) is -0.672. The van der Waals surface area contributed by atoms with Gasteiger partial charge in [0.25, 0.3) is 0 Å². The maximum Gasteiger partial charge on any atom is 0.124 e. The molecule has 0 aliphatic carbocycles. The normalized spacial score (nSPS) is 13.1. The van der Waals surface area contributed by atoms with Crippen molar-refractivity contribution in [2.24, 2.45) is 0 Å². The minimum Gasteiger partial charge on any atom is -0.477 e. The smallest absolute Gasteiger partial charge is 0.124 e. The molecule has 0 N–H and O–H groups in total. The summed E-state index contributed by atoms with van der Waals surface area (Å²) in [7, 11) is -1.34. The second-order valence-electron chi connectivity index (χ2n) is 12.4. The number of fused-ring (bicyclic) bond motifs is 3. The Balaban J connectivity index is 0.000000204. The van der Waals surface area contributed by atoms with E-state index >= 15 is 0 Å². The topological polar surface area (TPSA) is 38.9 Å². The summed E-state index contributed by atoms with van der Waals surface area (Å²) in [6.07, 6.45) is 3.68. The van der Waals surface area contributed by atoms with Gasteiger partial charge in [-0.2, -0.15) is 0 Å². The molecule has 4 aromatic carbocycles. The molecule has 46 heavy (non-hydrogen) atoms. The molecule has 0 aliphatic rings. The quantitative estimate of drug-likeness (QED) is 0.129. The van der Waals surface area contributed by atoms with E-state index in [1.807, 2.05) is 62.5 Å². The van der Waals surface area contributed by atoms with Gasteiger partial charge in [0.1, 0.15) is 5.58 Å². The fourth-order valence-electron chi connectivity index (χ4n) is 5.13. The Kier molecular flexibility index (Phi) is 8.61. The minimum atomic E-state index is -2.08. The summed E-state index contributed by atoms with van der Waals surface area (Å²) in [5, 5.41) is 3.43. The van der Waals surface area contributed by atoms with Crippen molar-refractivity contribution in [3.05, 3.63) is 139 Å². The maximum absolute atomic E-state index is 8.27. The number of benzene rings is 4. The van der Waals surface area contributed by atoms with E-state index < -0.39 is 20.8 Å². The van der Waals surface area contributed by atoms with Crippen molar-refractivity contribution in [2.75, 3.05) is 0 Å². The van der Waals surface area contributed by atoms with Crippen LogP contribution in [0.2, 0.25) is 19.6 Å². The predicted octanol–water partition coefficient (Wildman–Crippen LogP) is 10.6. The van der Waals surface area contributed by atoms with E-state index in [4.69, 9.17) is 9.90 Å². The molecule has 0 unspecified atom stereocenters. The molecule has 7 rings (SSSR count). The van der Waals surface area contributed by atoms with E-state index in [2.05, 4.69) is 84.2 Å². The molecule has 0 saturated carbocycles. The van der Waals surface area contributed by atoms with Crippen molar-refractivity contribution in [3.63, 3.8) is 0 Å². The van der Waals surface area contributed by atoms with Crippen LogP contribution in [0.1, 0.15) is 36.4 Å². The molecule has 3 aromatic heterocycles. The molecular formula is C41H38IrN2OSi-2. The van der Waals surface area contributed by atoms with Gasteiger partial charge in [-0.05, 0) is 51.1 Å². The second-order valence-corrected chi connectivity index (χ2v) is 17.5. The van der Waals surface area contributed by atoms with Crippen LogP contribution >= 0.6 is 0 Å². The van der Waals surface area contributed by atoms with E-state index in [0.717, 1.165) is 55.6 Å². The average Bonchev–Trinajstić information content (AvgIpc) is 3.45. The van der Waals surface area contributed by atoms with Gasteiger partial charge in [0.05, 0.1) is 13.7 Å². The summed E-state index contributed by atoms with van der Waals surface area (Å²) >= 11 is 0. The summed E-state index contributed by atoms with van der Waals surface area (Å²) in [6, 6.07) is 39.9. The van der Waals surface area contributed by atoms with Crippen LogP contribution in [0.4, 0.5) is 0 Å². The Morgan fingerprint density at radius 2 is 1.57 bits per heavy atom. The van der Waals surface area contributed by atoms with Crippen LogP contribution in [0.3, 0.4) is 0 Å². The van der Waals surface area contributed by atoms with Crippen LogP contribution < -0.4 is 5.19 Å². The summed E-state index contributed by atoms with van der Waals surface area (Å²) < 4.78 is 36.5. The van der Waals surface area contributed by atoms with Gasteiger partial charge in [0, 0.05) is 38.0 Å². The summed E-state index contributed by atoms with van der Waals surface area (Å²) in [5.41, 5.74) is 8.41. The van der Waals surface area contributed by atoms with Crippen LogP contribution in [-0.4, -0.2) is 18.0 Å². The van der Waals surface area contributed by atoms with Gasteiger partial charge in [0.15, 0.2) is 0 Å². The molecule has 0 spiro atoms. The molecule has 1 radical (unpaired) electrons. The van der Waals surface area contributed by atoms with Crippen molar-refractivity contribution >= 4 is 35.2 Å². The van der Waals surface area contributed by atoms with E-state index in [-0.39, 0.29) is 20.1 Å². The SMILES string of the molecule is [2H]C(C)(C)c1ccnc(-c2[c-]c3oc4cc(-c5ccccc5)ccc4c3cc2)c1.[2H]C([2H])([2H])c1c[c-]c(-c2ccc([Si](C)(C)C)cn2)cc1.[Ir]. The Hall–Kier alpha value is -4.15. The van der Waals surface area contributed by atoms with E-state index in [9.17, 15) is 0 Å². The monoisotopic (exact) mass is 799 g/mol. The van der Waals surface area contributed by atoms with Crippen molar-refractivity contribution in [1.29, 1.82) is 0 Å². The molecule has 5 heteroatoms. The molecule has 0 fully saturated rings. The molecule has 0 saturated heterocycles. The van der Waals surface area contributed by atoms with Crippen LogP contribution in [-0.2, 0) is 20.1 Å². The van der Waals surface area contributed by atoms with E-state index in [1.54, 1.807) is 18.3 Å². The van der Waals surface area contributed by atoms with Crippen LogP contribution in [0.25, 0.3) is 55.6 Å². The molecule has 3 heterocycles. The van der Waals surface area contributed by atoms with Crippen LogP contribution in [0, 0.1) is 19.0 Å². The zero-order valence-corrected chi connectivity index (χ0v) is 30.0. The van der Waals surface area contributed by atoms with Crippen LogP contribution in [0.15, 0.2) is 120 Å². The maximum atomic E-state index is 8.27. The van der Waals surface area contributed by atoms with Gasteiger partial charge in [-0.1, -0.05) is 118 Å². The largest absolute Gasteiger partial charge is 0.477 e.